The Bertz CT molecular complexity index is 603. The second-order valence-electron chi connectivity index (χ2n) is 7.00. The summed E-state index contributed by atoms with van der Waals surface area (Å²) in [5, 5.41) is 26.3. The van der Waals surface area contributed by atoms with Gasteiger partial charge in [0.1, 0.15) is 0 Å². The van der Waals surface area contributed by atoms with E-state index < -0.39 is 19.0 Å². The standard InChI is InChI=1S/C10H11NO4.C8H15BO2/c12-7-15-6-8(5-10(13)14)9-3-1-2-4-11-9;1-8(2)5-3-7(4-6-8)9(10)11/h1-4,7-8H,5-6H2,(H,13,14);3,10-11H,4-6H2,1-2H3. The predicted octanol–water partition coefficient (Wildman–Crippen LogP) is 1.95. The van der Waals surface area contributed by atoms with Crippen LogP contribution in [-0.4, -0.2) is 46.3 Å². The maximum Gasteiger partial charge on any atom is 0.483 e. The first-order valence-electron chi connectivity index (χ1n) is 8.48. The minimum Gasteiger partial charge on any atom is -0.481 e. The molecular weight excluding hydrogens is 337 g/mol. The van der Waals surface area contributed by atoms with E-state index in [1.807, 2.05) is 6.08 Å². The van der Waals surface area contributed by atoms with E-state index >= 15 is 0 Å². The second kappa shape index (κ2) is 10.7. The summed E-state index contributed by atoms with van der Waals surface area (Å²) in [5.74, 6) is -1.34. The SMILES string of the molecule is CC1(C)CC=C(B(O)O)CC1.O=COCC(CC(=O)O)c1ccccn1. The molecule has 0 aromatic carbocycles. The topological polar surface area (TPSA) is 117 Å². The van der Waals surface area contributed by atoms with Crippen LogP contribution in [0, 0.1) is 5.41 Å². The summed E-state index contributed by atoms with van der Waals surface area (Å²) in [7, 11) is -1.23. The molecule has 1 aliphatic carbocycles. The molecule has 1 atom stereocenters. The van der Waals surface area contributed by atoms with Gasteiger partial charge in [-0.15, -0.1) is 0 Å². The Kier molecular flexibility index (Phi) is 9.02. The number of ether oxygens (including phenoxy) is 1. The largest absolute Gasteiger partial charge is 0.483 e. The molecule has 0 aliphatic heterocycles. The average Bonchev–Trinajstić information content (AvgIpc) is 2.59. The Morgan fingerprint density at radius 1 is 1.42 bits per heavy atom. The fourth-order valence-corrected chi connectivity index (χ4v) is 2.56. The highest BCUT2D eigenvalue weighted by Crippen LogP contribution is 2.34. The molecule has 1 aromatic heterocycles. The molecule has 0 amide bonds. The van der Waals surface area contributed by atoms with Crippen molar-refractivity contribution in [2.75, 3.05) is 6.61 Å². The summed E-state index contributed by atoms with van der Waals surface area (Å²) in [6.45, 7) is 4.73. The van der Waals surface area contributed by atoms with Crippen molar-refractivity contribution >= 4 is 19.6 Å². The molecule has 142 valence electrons. The van der Waals surface area contributed by atoms with Crippen LogP contribution in [0.4, 0.5) is 0 Å². The summed E-state index contributed by atoms with van der Waals surface area (Å²) in [4.78, 5) is 24.6. The number of carbonyl (C=O) groups excluding carboxylic acids is 1. The highest BCUT2D eigenvalue weighted by Gasteiger charge is 2.25. The van der Waals surface area contributed by atoms with Crippen molar-refractivity contribution in [3.63, 3.8) is 0 Å². The fraction of sp³-hybridized carbons (Fsp3) is 0.500. The molecule has 1 unspecified atom stereocenters. The van der Waals surface area contributed by atoms with Crippen LogP contribution in [-0.2, 0) is 14.3 Å². The van der Waals surface area contributed by atoms with Crippen molar-refractivity contribution in [2.24, 2.45) is 5.41 Å². The van der Waals surface area contributed by atoms with Crippen molar-refractivity contribution in [2.45, 2.75) is 45.4 Å². The normalized spacial score (nSPS) is 16.4. The molecule has 0 radical (unpaired) electrons. The highest BCUT2D eigenvalue weighted by molar-refractivity contribution is 6.50. The van der Waals surface area contributed by atoms with Crippen LogP contribution in [0.2, 0.25) is 0 Å². The fourth-order valence-electron chi connectivity index (χ4n) is 2.56. The smallest absolute Gasteiger partial charge is 0.481 e. The number of pyridine rings is 1. The molecule has 0 bridgehead atoms. The molecule has 2 rings (SSSR count). The molecule has 26 heavy (non-hydrogen) atoms. The third-order valence-corrected chi connectivity index (χ3v) is 4.23. The number of aromatic nitrogens is 1. The lowest BCUT2D eigenvalue weighted by Crippen LogP contribution is -2.22. The molecule has 0 fully saturated rings. The third kappa shape index (κ3) is 8.27. The lowest BCUT2D eigenvalue weighted by molar-refractivity contribution is -0.139. The Morgan fingerprint density at radius 3 is 2.62 bits per heavy atom. The minimum atomic E-state index is -1.23. The van der Waals surface area contributed by atoms with Gasteiger partial charge in [-0.05, 0) is 42.3 Å². The van der Waals surface area contributed by atoms with E-state index in [2.05, 4.69) is 23.6 Å². The van der Waals surface area contributed by atoms with Gasteiger partial charge in [0.25, 0.3) is 6.47 Å². The van der Waals surface area contributed by atoms with Gasteiger partial charge in [-0.1, -0.05) is 26.0 Å². The van der Waals surface area contributed by atoms with Crippen molar-refractivity contribution in [3.05, 3.63) is 41.6 Å². The summed E-state index contributed by atoms with van der Waals surface area (Å²) < 4.78 is 4.57. The second-order valence-corrected chi connectivity index (χ2v) is 7.00. The molecule has 0 saturated heterocycles. The van der Waals surface area contributed by atoms with E-state index in [0.29, 0.717) is 17.6 Å². The van der Waals surface area contributed by atoms with Crippen molar-refractivity contribution in [3.8, 4) is 0 Å². The predicted molar refractivity (Wildman–Crippen MR) is 97.2 cm³/mol. The molecule has 8 heteroatoms. The summed E-state index contributed by atoms with van der Waals surface area (Å²) in [5.41, 5.74) is 1.74. The molecule has 0 spiro atoms. The van der Waals surface area contributed by atoms with Crippen LogP contribution in [0.5, 0.6) is 0 Å². The quantitative estimate of drug-likeness (QED) is 0.501. The number of carboxylic acid groups (broad SMARTS) is 1. The summed E-state index contributed by atoms with van der Waals surface area (Å²) in [6.07, 6.45) is 6.26. The lowest BCUT2D eigenvalue weighted by atomic mass is 9.67. The molecule has 0 saturated carbocycles. The Labute approximate surface area is 153 Å². The number of hydrogen-bond donors (Lipinski definition) is 3. The highest BCUT2D eigenvalue weighted by atomic mass is 16.5. The van der Waals surface area contributed by atoms with Crippen molar-refractivity contribution < 1.29 is 29.5 Å². The number of nitrogens with zero attached hydrogens (tertiary/aromatic N) is 1. The molecule has 1 heterocycles. The number of aliphatic carboxylic acids is 1. The van der Waals surface area contributed by atoms with Gasteiger partial charge >= 0.3 is 13.1 Å². The maximum absolute atomic E-state index is 10.6. The van der Waals surface area contributed by atoms with E-state index in [9.17, 15) is 9.59 Å². The first kappa shape index (κ1) is 21.9. The Balaban J connectivity index is 0.000000273. The minimum absolute atomic E-state index is 0.0345. The molecule has 7 nitrogen and oxygen atoms in total. The van der Waals surface area contributed by atoms with Gasteiger partial charge < -0.3 is 19.9 Å². The van der Waals surface area contributed by atoms with Crippen LogP contribution in [0.15, 0.2) is 35.9 Å². The lowest BCUT2D eigenvalue weighted by Gasteiger charge is -2.28. The van der Waals surface area contributed by atoms with E-state index in [1.54, 1.807) is 24.4 Å². The van der Waals surface area contributed by atoms with Gasteiger partial charge in [0.2, 0.25) is 0 Å². The molecular formula is C18H26BNO6. The first-order chi connectivity index (χ1) is 12.2. The van der Waals surface area contributed by atoms with E-state index in [0.717, 1.165) is 24.7 Å². The monoisotopic (exact) mass is 363 g/mol. The number of hydrogen-bond acceptors (Lipinski definition) is 6. The van der Waals surface area contributed by atoms with Crippen LogP contribution >= 0.6 is 0 Å². The zero-order valence-corrected chi connectivity index (χ0v) is 15.2. The van der Waals surface area contributed by atoms with E-state index in [4.69, 9.17) is 15.2 Å². The number of allylic oxidation sites excluding steroid dienone is 2. The van der Waals surface area contributed by atoms with Crippen molar-refractivity contribution in [1.29, 1.82) is 0 Å². The van der Waals surface area contributed by atoms with E-state index in [-0.39, 0.29) is 13.0 Å². The van der Waals surface area contributed by atoms with Crippen LogP contribution in [0.1, 0.15) is 51.1 Å². The maximum atomic E-state index is 10.6. The molecule has 3 N–H and O–H groups in total. The van der Waals surface area contributed by atoms with Crippen molar-refractivity contribution in [1.82, 2.24) is 4.98 Å². The number of carbonyl (C=O) groups is 2. The van der Waals surface area contributed by atoms with Gasteiger partial charge in [0.15, 0.2) is 0 Å². The van der Waals surface area contributed by atoms with Crippen LogP contribution < -0.4 is 0 Å². The van der Waals surface area contributed by atoms with Gasteiger partial charge in [-0.2, -0.15) is 0 Å². The van der Waals surface area contributed by atoms with Crippen LogP contribution in [0.25, 0.3) is 0 Å². The average molecular weight is 363 g/mol. The number of carboxylic acids is 1. The third-order valence-electron chi connectivity index (χ3n) is 4.23. The van der Waals surface area contributed by atoms with Gasteiger partial charge in [0.05, 0.1) is 13.0 Å². The zero-order chi connectivity index (χ0) is 19.6. The van der Waals surface area contributed by atoms with Crippen LogP contribution in [0.3, 0.4) is 0 Å². The molecule has 1 aromatic rings. The first-order valence-corrected chi connectivity index (χ1v) is 8.48. The number of rotatable bonds is 7. The van der Waals surface area contributed by atoms with Gasteiger partial charge in [-0.25, -0.2) is 0 Å². The Hall–Kier alpha value is -2.19. The van der Waals surface area contributed by atoms with E-state index in [1.165, 1.54) is 0 Å². The summed E-state index contributed by atoms with van der Waals surface area (Å²) >= 11 is 0. The van der Waals surface area contributed by atoms with Gasteiger partial charge in [0, 0.05) is 17.8 Å². The Morgan fingerprint density at radius 2 is 2.15 bits per heavy atom. The van der Waals surface area contributed by atoms with Gasteiger partial charge in [-0.3, -0.25) is 14.6 Å². The zero-order valence-electron chi connectivity index (χ0n) is 15.2. The summed E-state index contributed by atoms with van der Waals surface area (Å²) in [6, 6.07) is 5.21. The molecule has 1 aliphatic rings.